The van der Waals surface area contributed by atoms with Gasteiger partial charge < -0.3 is 10.1 Å². The van der Waals surface area contributed by atoms with Crippen molar-refractivity contribution < 1.29 is 9.53 Å². The lowest BCUT2D eigenvalue weighted by atomic mass is 10.0. The minimum atomic E-state index is -0.277. The van der Waals surface area contributed by atoms with E-state index in [1.165, 1.54) is 5.56 Å². The lowest BCUT2D eigenvalue weighted by Gasteiger charge is -2.35. The third-order valence-electron chi connectivity index (χ3n) is 5.69. The average Bonchev–Trinajstić information content (AvgIpc) is 2.73. The third kappa shape index (κ3) is 6.14. The van der Waals surface area contributed by atoms with E-state index in [1.807, 2.05) is 37.4 Å². The Balaban J connectivity index is 1.56. The Bertz CT molecular complexity index is 784. The molecule has 1 saturated heterocycles. The zero-order valence-corrected chi connectivity index (χ0v) is 18.7. The van der Waals surface area contributed by atoms with Crippen molar-refractivity contribution in [1.29, 1.82) is 0 Å². The summed E-state index contributed by atoms with van der Waals surface area (Å²) >= 11 is 0. The molecular formula is C25H35N3O2. The van der Waals surface area contributed by atoms with Crippen LogP contribution in [0.1, 0.15) is 43.5 Å². The zero-order chi connectivity index (χ0) is 21.5. The Labute approximate surface area is 181 Å². The van der Waals surface area contributed by atoms with Crippen LogP contribution in [0.4, 0.5) is 0 Å². The van der Waals surface area contributed by atoms with Gasteiger partial charge in [-0.15, -0.1) is 0 Å². The molecule has 2 aromatic rings. The number of hydrogen-bond donors (Lipinski definition) is 1. The fourth-order valence-corrected chi connectivity index (χ4v) is 4.14. The molecule has 0 saturated carbocycles. The molecule has 3 rings (SSSR count). The van der Waals surface area contributed by atoms with Gasteiger partial charge in [0.25, 0.3) is 0 Å². The highest BCUT2D eigenvalue weighted by Crippen LogP contribution is 2.20. The van der Waals surface area contributed by atoms with Gasteiger partial charge in [0.15, 0.2) is 0 Å². The molecule has 3 atom stereocenters. The first-order valence-electron chi connectivity index (χ1n) is 10.9. The Kier molecular flexibility index (Phi) is 8.02. The van der Waals surface area contributed by atoms with E-state index < -0.39 is 0 Å². The maximum absolute atomic E-state index is 12.9. The SMILES string of the molecule is CCN(C)C(C(=O)NCc1ccc(CN2CC(C)OC(C)C2)cc1)c1ccccc1. The zero-order valence-electron chi connectivity index (χ0n) is 18.7. The van der Waals surface area contributed by atoms with E-state index in [9.17, 15) is 4.79 Å². The van der Waals surface area contributed by atoms with E-state index in [1.54, 1.807) is 0 Å². The van der Waals surface area contributed by atoms with Gasteiger partial charge in [0.1, 0.15) is 6.04 Å². The van der Waals surface area contributed by atoms with E-state index >= 15 is 0 Å². The van der Waals surface area contributed by atoms with E-state index in [0.29, 0.717) is 6.54 Å². The highest BCUT2D eigenvalue weighted by Gasteiger charge is 2.24. The lowest BCUT2D eigenvalue weighted by Crippen LogP contribution is -2.44. The van der Waals surface area contributed by atoms with Gasteiger partial charge >= 0.3 is 0 Å². The van der Waals surface area contributed by atoms with E-state index in [0.717, 1.165) is 37.3 Å². The van der Waals surface area contributed by atoms with Crippen LogP contribution >= 0.6 is 0 Å². The number of carbonyl (C=O) groups excluding carboxylic acids is 1. The molecule has 0 radical (unpaired) electrons. The minimum absolute atomic E-state index is 0.0333. The predicted molar refractivity (Wildman–Crippen MR) is 121 cm³/mol. The molecule has 0 spiro atoms. The van der Waals surface area contributed by atoms with Crippen LogP contribution in [-0.2, 0) is 22.6 Å². The fraction of sp³-hybridized carbons (Fsp3) is 0.480. The number of ether oxygens (including phenoxy) is 1. The Hall–Kier alpha value is -2.21. The molecule has 0 bridgehead atoms. The Morgan fingerprint density at radius 2 is 1.67 bits per heavy atom. The average molecular weight is 410 g/mol. The highest BCUT2D eigenvalue weighted by atomic mass is 16.5. The molecule has 1 amide bonds. The molecule has 30 heavy (non-hydrogen) atoms. The molecule has 0 aromatic heterocycles. The van der Waals surface area contributed by atoms with E-state index in [4.69, 9.17) is 4.74 Å². The van der Waals surface area contributed by atoms with Crippen LogP contribution in [0.25, 0.3) is 0 Å². The number of nitrogens with zero attached hydrogens (tertiary/aromatic N) is 2. The van der Waals surface area contributed by atoms with Crippen molar-refractivity contribution in [2.45, 2.75) is 52.1 Å². The molecular weight excluding hydrogens is 374 g/mol. The lowest BCUT2D eigenvalue weighted by molar-refractivity contribution is -0.126. The van der Waals surface area contributed by atoms with Gasteiger partial charge in [-0.05, 0) is 44.1 Å². The summed E-state index contributed by atoms with van der Waals surface area (Å²) in [6, 6.07) is 18.2. The number of nitrogens with one attached hydrogen (secondary N) is 1. The number of benzene rings is 2. The van der Waals surface area contributed by atoms with E-state index in [2.05, 4.69) is 60.2 Å². The Morgan fingerprint density at radius 3 is 2.27 bits per heavy atom. The van der Waals surface area contributed by atoms with Gasteiger partial charge in [0.05, 0.1) is 12.2 Å². The van der Waals surface area contributed by atoms with Crippen LogP contribution in [-0.4, -0.2) is 54.6 Å². The molecule has 0 aliphatic carbocycles. The van der Waals surface area contributed by atoms with Crippen molar-refractivity contribution in [3.63, 3.8) is 0 Å². The highest BCUT2D eigenvalue weighted by molar-refractivity contribution is 5.83. The smallest absolute Gasteiger partial charge is 0.242 e. The van der Waals surface area contributed by atoms with Gasteiger partial charge in [-0.1, -0.05) is 61.5 Å². The second kappa shape index (κ2) is 10.7. The molecule has 1 N–H and O–H groups in total. The maximum atomic E-state index is 12.9. The quantitative estimate of drug-likeness (QED) is 0.724. The third-order valence-corrected chi connectivity index (χ3v) is 5.69. The predicted octanol–water partition coefficient (Wildman–Crippen LogP) is 3.61. The largest absolute Gasteiger partial charge is 0.373 e. The van der Waals surface area contributed by atoms with Crippen molar-refractivity contribution in [1.82, 2.24) is 15.1 Å². The van der Waals surface area contributed by atoms with Crippen LogP contribution in [0.5, 0.6) is 0 Å². The first-order chi connectivity index (χ1) is 14.5. The number of carbonyl (C=O) groups is 1. The number of amides is 1. The summed E-state index contributed by atoms with van der Waals surface area (Å²) < 4.78 is 5.82. The maximum Gasteiger partial charge on any atom is 0.242 e. The normalized spacial score (nSPS) is 20.8. The van der Waals surface area contributed by atoms with Gasteiger partial charge in [-0.3, -0.25) is 14.6 Å². The van der Waals surface area contributed by atoms with Crippen LogP contribution in [0, 0.1) is 0 Å². The number of hydrogen-bond acceptors (Lipinski definition) is 4. The molecule has 162 valence electrons. The van der Waals surface area contributed by atoms with Crippen LogP contribution in [0.3, 0.4) is 0 Å². The summed E-state index contributed by atoms with van der Waals surface area (Å²) in [5.41, 5.74) is 3.42. The summed E-state index contributed by atoms with van der Waals surface area (Å²) in [6.07, 6.45) is 0.559. The standard InChI is InChI=1S/C25H35N3O2/c1-5-27(4)24(23-9-7-6-8-10-23)25(29)26-15-21-11-13-22(14-12-21)18-28-16-19(2)30-20(3)17-28/h6-14,19-20,24H,5,15-18H2,1-4H3,(H,26,29). The topological polar surface area (TPSA) is 44.8 Å². The molecule has 5 heteroatoms. The molecule has 1 heterocycles. The van der Waals surface area contributed by atoms with Crippen molar-refractivity contribution in [3.05, 3.63) is 71.3 Å². The number of likely N-dealkylation sites (N-methyl/N-ethyl adjacent to an activating group) is 1. The Morgan fingerprint density at radius 1 is 1.07 bits per heavy atom. The van der Waals surface area contributed by atoms with Crippen LogP contribution in [0.15, 0.2) is 54.6 Å². The first kappa shape index (κ1) is 22.5. The van der Waals surface area contributed by atoms with Crippen LogP contribution < -0.4 is 5.32 Å². The molecule has 3 unspecified atom stereocenters. The monoisotopic (exact) mass is 409 g/mol. The second-order valence-electron chi connectivity index (χ2n) is 8.37. The van der Waals surface area contributed by atoms with Crippen molar-refractivity contribution in [2.24, 2.45) is 0 Å². The molecule has 2 aromatic carbocycles. The summed E-state index contributed by atoms with van der Waals surface area (Å²) in [6.45, 7) is 10.5. The van der Waals surface area contributed by atoms with Crippen LogP contribution in [0.2, 0.25) is 0 Å². The van der Waals surface area contributed by atoms with Crippen molar-refractivity contribution >= 4 is 5.91 Å². The molecule has 1 fully saturated rings. The van der Waals surface area contributed by atoms with E-state index in [-0.39, 0.29) is 24.2 Å². The summed E-state index contributed by atoms with van der Waals surface area (Å²) in [5.74, 6) is 0.0333. The van der Waals surface area contributed by atoms with Gasteiger partial charge in [-0.25, -0.2) is 0 Å². The first-order valence-corrected chi connectivity index (χ1v) is 10.9. The van der Waals surface area contributed by atoms with Gasteiger partial charge in [-0.2, -0.15) is 0 Å². The summed E-state index contributed by atoms with van der Waals surface area (Å²) in [4.78, 5) is 17.4. The second-order valence-corrected chi connectivity index (χ2v) is 8.37. The van der Waals surface area contributed by atoms with Crippen molar-refractivity contribution in [3.8, 4) is 0 Å². The van der Waals surface area contributed by atoms with Crippen molar-refractivity contribution in [2.75, 3.05) is 26.7 Å². The fourth-order valence-electron chi connectivity index (χ4n) is 4.14. The van der Waals surface area contributed by atoms with Gasteiger partial charge in [0, 0.05) is 26.2 Å². The number of morpholine rings is 1. The minimum Gasteiger partial charge on any atom is -0.373 e. The summed E-state index contributed by atoms with van der Waals surface area (Å²) in [5, 5.41) is 3.12. The molecule has 1 aliphatic heterocycles. The number of rotatable bonds is 8. The summed E-state index contributed by atoms with van der Waals surface area (Å²) in [7, 11) is 1.99. The molecule has 1 aliphatic rings. The molecule has 5 nitrogen and oxygen atoms in total. The van der Waals surface area contributed by atoms with Gasteiger partial charge in [0.2, 0.25) is 5.91 Å².